The average Bonchev–Trinajstić information content (AvgIpc) is 2.40. The van der Waals surface area contributed by atoms with Crippen LogP contribution >= 0.6 is 0 Å². The Balaban J connectivity index is 1.78. The molecule has 0 saturated heterocycles. The molecule has 3 rings (SSSR count). The molecule has 2 atom stereocenters. The number of benzene rings is 1. The molecule has 20 heavy (non-hydrogen) atoms. The number of nitrogens with two attached hydrogens (primary N) is 1. The number of carbonyl (C=O) groups is 1. The first-order valence-corrected chi connectivity index (χ1v) is 7.50. The molecule has 1 amide bonds. The molecule has 1 aliphatic carbocycles. The standard InChI is InChI=1S/C16H22N2O2/c1-10-3-2-4-12(7-10)20-15-8-11-5-6-16(19)18-14(11)9-13(15)17/h8-10,12H,2-7,17H2,1H3,(H,18,19). The van der Waals surface area contributed by atoms with Gasteiger partial charge in [0.2, 0.25) is 5.91 Å². The molecule has 1 saturated carbocycles. The van der Waals surface area contributed by atoms with Gasteiger partial charge in [-0.3, -0.25) is 4.79 Å². The summed E-state index contributed by atoms with van der Waals surface area (Å²) < 4.78 is 6.11. The van der Waals surface area contributed by atoms with Gasteiger partial charge in [-0.05, 0) is 49.3 Å². The summed E-state index contributed by atoms with van der Waals surface area (Å²) >= 11 is 0. The van der Waals surface area contributed by atoms with E-state index in [1.54, 1.807) is 0 Å². The van der Waals surface area contributed by atoms with Crippen LogP contribution in [0.3, 0.4) is 0 Å². The highest BCUT2D eigenvalue weighted by molar-refractivity contribution is 5.94. The van der Waals surface area contributed by atoms with Crippen LogP contribution in [-0.4, -0.2) is 12.0 Å². The second kappa shape index (κ2) is 5.35. The van der Waals surface area contributed by atoms with E-state index in [2.05, 4.69) is 12.2 Å². The zero-order chi connectivity index (χ0) is 14.1. The Morgan fingerprint density at radius 1 is 1.30 bits per heavy atom. The van der Waals surface area contributed by atoms with E-state index < -0.39 is 0 Å². The van der Waals surface area contributed by atoms with Crippen molar-refractivity contribution in [3.63, 3.8) is 0 Å². The molecule has 108 valence electrons. The second-order valence-corrected chi connectivity index (χ2v) is 6.11. The first-order chi connectivity index (χ1) is 9.61. The summed E-state index contributed by atoms with van der Waals surface area (Å²) in [5, 5.41) is 2.86. The lowest BCUT2D eigenvalue weighted by atomic mass is 9.88. The lowest BCUT2D eigenvalue weighted by Crippen LogP contribution is -2.25. The van der Waals surface area contributed by atoms with Crippen molar-refractivity contribution in [2.75, 3.05) is 11.1 Å². The Labute approximate surface area is 119 Å². The van der Waals surface area contributed by atoms with Gasteiger partial charge < -0.3 is 15.8 Å². The number of anilines is 2. The summed E-state index contributed by atoms with van der Waals surface area (Å²) in [5.74, 6) is 1.57. The highest BCUT2D eigenvalue weighted by atomic mass is 16.5. The van der Waals surface area contributed by atoms with Crippen LogP contribution in [0.15, 0.2) is 12.1 Å². The van der Waals surface area contributed by atoms with E-state index >= 15 is 0 Å². The van der Waals surface area contributed by atoms with Crippen LogP contribution in [0.5, 0.6) is 5.75 Å². The van der Waals surface area contributed by atoms with Crippen molar-refractivity contribution in [1.82, 2.24) is 0 Å². The minimum absolute atomic E-state index is 0.0617. The van der Waals surface area contributed by atoms with Crippen LogP contribution in [-0.2, 0) is 11.2 Å². The van der Waals surface area contributed by atoms with Crippen LogP contribution in [0, 0.1) is 5.92 Å². The number of amides is 1. The molecule has 2 aliphatic rings. The molecule has 4 heteroatoms. The van der Waals surface area contributed by atoms with Crippen LogP contribution in [0.2, 0.25) is 0 Å². The van der Waals surface area contributed by atoms with Gasteiger partial charge in [-0.2, -0.15) is 0 Å². The zero-order valence-corrected chi connectivity index (χ0v) is 11.9. The summed E-state index contributed by atoms with van der Waals surface area (Å²) in [4.78, 5) is 11.4. The van der Waals surface area contributed by atoms with Crippen molar-refractivity contribution in [2.45, 2.75) is 51.6 Å². The number of aryl methyl sites for hydroxylation is 1. The van der Waals surface area contributed by atoms with Crippen molar-refractivity contribution < 1.29 is 9.53 Å². The normalized spacial score (nSPS) is 25.8. The zero-order valence-electron chi connectivity index (χ0n) is 11.9. The Morgan fingerprint density at radius 2 is 2.15 bits per heavy atom. The highest BCUT2D eigenvalue weighted by Gasteiger charge is 2.22. The van der Waals surface area contributed by atoms with Crippen molar-refractivity contribution in [3.8, 4) is 5.75 Å². The molecular weight excluding hydrogens is 252 g/mol. The predicted molar refractivity (Wildman–Crippen MR) is 79.9 cm³/mol. The molecule has 1 fully saturated rings. The Hall–Kier alpha value is -1.71. The predicted octanol–water partition coefficient (Wildman–Crippen LogP) is 3.11. The first-order valence-electron chi connectivity index (χ1n) is 7.50. The van der Waals surface area contributed by atoms with Crippen LogP contribution in [0.1, 0.15) is 44.6 Å². The average molecular weight is 274 g/mol. The van der Waals surface area contributed by atoms with E-state index in [9.17, 15) is 4.79 Å². The smallest absolute Gasteiger partial charge is 0.224 e. The number of fused-ring (bicyclic) bond motifs is 1. The summed E-state index contributed by atoms with van der Waals surface area (Å²) in [5.41, 5.74) is 8.64. The molecular formula is C16H22N2O2. The third-order valence-corrected chi connectivity index (χ3v) is 4.31. The third-order valence-electron chi connectivity index (χ3n) is 4.31. The minimum atomic E-state index is 0.0617. The fourth-order valence-electron chi connectivity index (χ4n) is 3.19. The second-order valence-electron chi connectivity index (χ2n) is 6.11. The number of ether oxygens (including phenoxy) is 1. The molecule has 1 aromatic carbocycles. The Bertz CT molecular complexity index is 527. The van der Waals surface area contributed by atoms with E-state index in [0.717, 1.165) is 42.2 Å². The molecule has 1 heterocycles. The molecule has 2 unspecified atom stereocenters. The summed E-state index contributed by atoms with van der Waals surface area (Å²) in [7, 11) is 0. The van der Waals surface area contributed by atoms with Gasteiger partial charge in [-0.1, -0.05) is 13.3 Å². The molecule has 1 aliphatic heterocycles. The fourth-order valence-corrected chi connectivity index (χ4v) is 3.19. The van der Waals surface area contributed by atoms with E-state index in [1.165, 1.54) is 12.8 Å². The molecule has 1 aromatic rings. The van der Waals surface area contributed by atoms with Gasteiger partial charge in [0.15, 0.2) is 0 Å². The van der Waals surface area contributed by atoms with E-state index in [-0.39, 0.29) is 12.0 Å². The maximum Gasteiger partial charge on any atom is 0.224 e. The number of rotatable bonds is 2. The number of nitrogen functional groups attached to an aromatic ring is 1. The van der Waals surface area contributed by atoms with Crippen LogP contribution < -0.4 is 15.8 Å². The molecule has 0 spiro atoms. The topological polar surface area (TPSA) is 64.3 Å². The van der Waals surface area contributed by atoms with Gasteiger partial charge >= 0.3 is 0 Å². The van der Waals surface area contributed by atoms with Crippen LogP contribution in [0.25, 0.3) is 0 Å². The van der Waals surface area contributed by atoms with Gasteiger partial charge in [-0.25, -0.2) is 0 Å². The van der Waals surface area contributed by atoms with Gasteiger partial charge in [0, 0.05) is 12.1 Å². The van der Waals surface area contributed by atoms with Gasteiger partial charge in [0.1, 0.15) is 5.75 Å². The quantitative estimate of drug-likeness (QED) is 0.814. The maximum atomic E-state index is 11.4. The highest BCUT2D eigenvalue weighted by Crippen LogP contribution is 2.35. The molecule has 3 N–H and O–H groups in total. The Kier molecular flexibility index (Phi) is 3.55. The monoisotopic (exact) mass is 274 g/mol. The van der Waals surface area contributed by atoms with Gasteiger partial charge in [0.05, 0.1) is 11.8 Å². The lowest BCUT2D eigenvalue weighted by Gasteiger charge is -2.28. The number of hydrogen-bond donors (Lipinski definition) is 2. The van der Waals surface area contributed by atoms with E-state index in [0.29, 0.717) is 12.1 Å². The SMILES string of the molecule is CC1CCCC(Oc2cc3c(cc2N)NC(=O)CC3)C1. The Morgan fingerprint density at radius 3 is 2.95 bits per heavy atom. The first kappa shape index (κ1) is 13.3. The summed E-state index contributed by atoms with van der Waals surface area (Å²) in [6.45, 7) is 2.28. The van der Waals surface area contributed by atoms with Crippen molar-refractivity contribution in [1.29, 1.82) is 0 Å². The lowest BCUT2D eigenvalue weighted by molar-refractivity contribution is -0.116. The van der Waals surface area contributed by atoms with Gasteiger partial charge in [0.25, 0.3) is 0 Å². The summed E-state index contributed by atoms with van der Waals surface area (Å²) in [6, 6.07) is 3.83. The van der Waals surface area contributed by atoms with Crippen LogP contribution in [0.4, 0.5) is 11.4 Å². The molecule has 4 nitrogen and oxygen atoms in total. The number of hydrogen-bond acceptors (Lipinski definition) is 3. The minimum Gasteiger partial charge on any atom is -0.488 e. The fraction of sp³-hybridized carbons (Fsp3) is 0.562. The number of carbonyl (C=O) groups excluding carboxylic acids is 1. The van der Waals surface area contributed by atoms with Gasteiger partial charge in [-0.15, -0.1) is 0 Å². The number of nitrogens with one attached hydrogen (secondary N) is 1. The maximum absolute atomic E-state index is 11.4. The van der Waals surface area contributed by atoms with Crippen molar-refractivity contribution >= 4 is 17.3 Å². The summed E-state index contributed by atoms with van der Waals surface area (Å²) in [6.07, 6.45) is 6.32. The largest absolute Gasteiger partial charge is 0.488 e. The third kappa shape index (κ3) is 2.74. The molecule has 0 bridgehead atoms. The van der Waals surface area contributed by atoms with E-state index in [4.69, 9.17) is 10.5 Å². The van der Waals surface area contributed by atoms with E-state index in [1.807, 2.05) is 12.1 Å². The molecule has 0 radical (unpaired) electrons. The van der Waals surface area contributed by atoms with Crippen molar-refractivity contribution in [2.24, 2.45) is 5.92 Å². The molecule has 0 aromatic heterocycles. The van der Waals surface area contributed by atoms with Crippen molar-refractivity contribution in [3.05, 3.63) is 17.7 Å².